The van der Waals surface area contributed by atoms with Crippen LogP contribution in [-0.4, -0.2) is 11.9 Å². The van der Waals surface area contributed by atoms with Crippen LogP contribution >= 0.6 is 0 Å². The average molecular weight is 232 g/mol. The summed E-state index contributed by atoms with van der Waals surface area (Å²) in [5, 5.41) is 2.85. The van der Waals surface area contributed by atoms with E-state index in [1.807, 2.05) is 38.1 Å². The van der Waals surface area contributed by atoms with Gasteiger partial charge in [-0.25, -0.2) is 0 Å². The predicted octanol–water partition coefficient (Wildman–Crippen LogP) is 2.59. The second kappa shape index (κ2) is 6.09. The molecule has 1 amide bonds. The van der Waals surface area contributed by atoms with Crippen LogP contribution in [0.2, 0.25) is 0 Å². The maximum Gasteiger partial charge on any atom is 0.220 e. The third-order valence-electron chi connectivity index (χ3n) is 2.45. The van der Waals surface area contributed by atoms with Crippen molar-refractivity contribution in [3.05, 3.63) is 36.4 Å². The van der Waals surface area contributed by atoms with Gasteiger partial charge in [-0.15, -0.1) is 0 Å². The average Bonchev–Trinajstić information content (AvgIpc) is 2.25. The van der Waals surface area contributed by atoms with Crippen molar-refractivity contribution in [2.45, 2.75) is 32.7 Å². The predicted molar refractivity (Wildman–Crippen MR) is 72.4 cm³/mol. The van der Waals surface area contributed by atoms with E-state index in [9.17, 15) is 4.79 Å². The Kier molecular flexibility index (Phi) is 4.76. The van der Waals surface area contributed by atoms with Gasteiger partial charge in [0.15, 0.2) is 0 Å². The van der Waals surface area contributed by atoms with Crippen molar-refractivity contribution < 1.29 is 4.79 Å². The van der Waals surface area contributed by atoms with Crippen LogP contribution in [0, 0.1) is 0 Å². The Labute approximate surface area is 103 Å². The Morgan fingerprint density at radius 1 is 1.35 bits per heavy atom. The summed E-state index contributed by atoms with van der Waals surface area (Å²) < 4.78 is 0. The zero-order valence-electron chi connectivity index (χ0n) is 10.5. The van der Waals surface area contributed by atoms with E-state index in [1.54, 1.807) is 0 Å². The molecule has 0 aliphatic heterocycles. The number of nitrogen functional groups attached to an aromatic ring is 1. The SMILES string of the molecule is C=C(CCC(=O)NC(C)C)c1ccccc1N. The lowest BCUT2D eigenvalue weighted by molar-refractivity contribution is -0.121. The fourth-order valence-corrected chi connectivity index (χ4v) is 1.61. The van der Waals surface area contributed by atoms with Crippen molar-refractivity contribution in [3.8, 4) is 0 Å². The molecule has 92 valence electrons. The molecule has 0 aliphatic carbocycles. The molecular formula is C14H20N2O. The largest absolute Gasteiger partial charge is 0.398 e. The van der Waals surface area contributed by atoms with Crippen molar-refractivity contribution in [1.82, 2.24) is 5.32 Å². The molecule has 0 fully saturated rings. The number of anilines is 1. The first-order chi connectivity index (χ1) is 8.00. The van der Waals surface area contributed by atoms with E-state index in [0.717, 1.165) is 11.1 Å². The van der Waals surface area contributed by atoms with Gasteiger partial charge in [-0.1, -0.05) is 24.8 Å². The number of carbonyl (C=O) groups excluding carboxylic acids is 1. The Balaban J connectivity index is 2.51. The highest BCUT2D eigenvalue weighted by molar-refractivity contribution is 5.80. The molecule has 0 aliphatic rings. The number of rotatable bonds is 5. The van der Waals surface area contributed by atoms with Crippen molar-refractivity contribution >= 4 is 17.2 Å². The molecule has 17 heavy (non-hydrogen) atoms. The molecule has 0 saturated heterocycles. The quantitative estimate of drug-likeness (QED) is 0.767. The van der Waals surface area contributed by atoms with Crippen LogP contribution in [0.3, 0.4) is 0 Å². The van der Waals surface area contributed by atoms with E-state index >= 15 is 0 Å². The van der Waals surface area contributed by atoms with Gasteiger partial charge in [0.2, 0.25) is 5.91 Å². The molecule has 3 nitrogen and oxygen atoms in total. The van der Waals surface area contributed by atoms with E-state index in [1.165, 1.54) is 0 Å². The Morgan fingerprint density at radius 3 is 2.59 bits per heavy atom. The van der Waals surface area contributed by atoms with Crippen LogP contribution in [-0.2, 0) is 4.79 Å². The van der Waals surface area contributed by atoms with Gasteiger partial charge < -0.3 is 11.1 Å². The fraction of sp³-hybridized carbons (Fsp3) is 0.357. The molecule has 1 rings (SSSR count). The second-order valence-electron chi connectivity index (χ2n) is 4.41. The number of amides is 1. The van der Waals surface area contributed by atoms with Crippen LogP contribution in [0.5, 0.6) is 0 Å². The number of hydrogen-bond donors (Lipinski definition) is 2. The smallest absolute Gasteiger partial charge is 0.220 e. The van der Waals surface area contributed by atoms with E-state index < -0.39 is 0 Å². The summed E-state index contributed by atoms with van der Waals surface area (Å²) >= 11 is 0. The molecular weight excluding hydrogens is 212 g/mol. The van der Waals surface area contributed by atoms with Gasteiger partial charge in [-0.05, 0) is 37.5 Å². The summed E-state index contributed by atoms with van der Waals surface area (Å²) in [6.07, 6.45) is 1.08. The lowest BCUT2D eigenvalue weighted by Gasteiger charge is -2.10. The molecule has 0 unspecified atom stereocenters. The second-order valence-corrected chi connectivity index (χ2v) is 4.41. The zero-order chi connectivity index (χ0) is 12.8. The first kappa shape index (κ1) is 13.3. The Bertz CT molecular complexity index is 410. The van der Waals surface area contributed by atoms with Crippen LogP contribution < -0.4 is 11.1 Å². The topological polar surface area (TPSA) is 55.1 Å². The number of benzene rings is 1. The summed E-state index contributed by atoms with van der Waals surface area (Å²) in [7, 11) is 0. The van der Waals surface area contributed by atoms with Gasteiger partial charge in [0, 0.05) is 18.2 Å². The van der Waals surface area contributed by atoms with Gasteiger partial charge in [-0.2, -0.15) is 0 Å². The van der Waals surface area contributed by atoms with Crippen LogP contribution in [0.1, 0.15) is 32.3 Å². The zero-order valence-corrected chi connectivity index (χ0v) is 10.5. The van der Waals surface area contributed by atoms with Crippen molar-refractivity contribution in [1.29, 1.82) is 0 Å². The molecule has 1 aromatic rings. The third-order valence-corrected chi connectivity index (χ3v) is 2.45. The number of para-hydroxylation sites is 1. The monoisotopic (exact) mass is 232 g/mol. The number of nitrogens with two attached hydrogens (primary N) is 1. The van der Waals surface area contributed by atoms with Crippen molar-refractivity contribution in [2.24, 2.45) is 0 Å². The van der Waals surface area contributed by atoms with Gasteiger partial charge in [0.05, 0.1) is 0 Å². The molecule has 1 aromatic carbocycles. The Morgan fingerprint density at radius 2 is 2.00 bits per heavy atom. The summed E-state index contributed by atoms with van der Waals surface area (Å²) in [4.78, 5) is 11.5. The maximum atomic E-state index is 11.5. The Hall–Kier alpha value is -1.77. The van der Waals surface area contributed by atoms with Gasteiger partial charge >= 0.3 is 0 Å². The van der Waals surface area contributed by atoms with Crippen LogP contribution in [0.25, 0.3) is 5.57 Å². The molecule has 0 aromatic heterocycles. The maximum absolute atomic E-state index is 11.5. The minimum absolute atomic E-state index is 0.0515. The molecule has 0 atom stereocenters. The lowest BCUT2D eigenvalue weighted by atomic mass is 10.0. The number of nitrogens with one attached hydrogen (secondary N) is 1. The molecule has 0 heterocycles. The van der Waals surface area contributed by atoms with Gasteiger partial charge in [-0.3, -0.25) is 4.79 Å². The minimum atomic E-state index is 0.0515. The summed E-state index contributed by atoms with van der Waals surface area (Å²) in [6, 6.07) is 7.76. The first-order valence-corrected chi connectivity index (χ1v) is 5.82. The normalized spacial score (nSPS) is 10.3. The minimum Gasteiger partial charge on any atom is -0.398 e. The summed E-state index contributed by atoms with van der Waals surface area (Å²) in [5.41, 5.74) is 8.40. The highest BCUT2D eigenvalue weighted by atomic mass is 16.1. The highest BCUT2D eigenvalue weighted by Crippen LogP contribution is 2.23. The lowest BCUT2D eigenvalue weighted by Crippen LogP contribution is -2.29. The number of allylic oxidation sites excluding steroid dienone is 1. The van der Waals surface area contributed by atoms with Crippen LogP contribution in [0.15, 0.2) is 30.8 Å². The standard InChI is InChI=1S/C14H20N2O/c1-10(2)16-14(17)9-8-11(3)12-6-4-5-7-13(12)15/h4-7,10H,3,8-9,15H2,1-2H3,(H,16,17). The van der Waals surface area contributed by atoms with Gasteiger partial charge in [0.1, 0.15) is 0 Å². The van der Waals surface area contributed by atoms with E-state index in [4.69, 9.17) is 5.73 Å². The molecule has 3 N–H and O–H groups in total. The molecule has 0 radical (unpaired) electrons. The van der Waals surface area contributed by atoms with Crippen LogP contribution in [0.4, 0.5) is 5.69 Å². The number of hydrogen-bond acceptors (Lipinski definition) is 2. The summed E-state index contributed by atoms with van der Waals surface area (Å²) in [6.45, 7) is 7.87. The van der Waals surface area contributed by atoms with E-state index in [2.05, 4.69) is 11.9 Å². The molecule has 0 saturated carbocycles. The number of carbonyl (C=O) groups is 1. The van der Waals surface area contributed by atoms with Crippen molar-refractivity contribution in [3.63, 3.8) is 0 Å². The highest BCUT2D eigenvalue weighted by Gasteiger charge is 2.07. The molecule has 0 spiro atoms. The first-order valence-electron chi connectivity index (χ1n) is 5.82. The molecule has 3 heteroatoms. The fourth-order valence-electron chi connectivity index (χ4n) is 1.61. The molecule has 0 bridgehead atoms. The summed E-state index contributed by atoms with van der Waals surface area (Å²) in [5.74, 6) is 0.0515. The van der Waals surface area contributed by atoms with E-state index in [0.29, 0.717) is 18.5 Å². The van der Waals surface area contributed by atoms with Crippen molar-refractivity contribution in [2.75, 3.05) is 5.73 Å². The van der Waals surface area contributed by atoms with E-state index in [-0.39, 0.29) is 11.9 Å². The van der Waals surface area contributed by atoms with Gasteiger partial charge in [0.25, 0.3) is 0 Å². The third kappa shape index (κ3) is 4.31.